The van der Waals surface area contributed by atoms with Crippen LogP contribution < -0.4 is 15.4 Å². The van der Waals surface area contributed by atoms with Gasteiger partial charge in [0.25, 0.3) is 0 Å². The maximum atomic E-state index is 11.6. The number of carbonyl (C=O) groups is 1. The number of anilines is 1. The van der Waals surface area contributed by atoms with Crippen molar-refractivity contribution < 1.29 is 14.3 Å². The first kappa shape index (κ1) is 16.2. The Morgan fingerprint density at radius 2 is 2.18 bits per heavy atom. The van der Waals surface area contributed by atoms with E-state index in [-0.39, 0.29) is 6.03 Å². The average molecular weight is 322 g/mol. The van der Waals surface area contributed by atoms with Crippen molar-refractivity contribution in [3.05, 3.63) is 34.8 Å². The Hall–Kier alpha value is -2.19. The number of hydrogen-bond donors (Lipinski definition) is 2. The van der Waals surface area contributed by atoms with E-state index in [9.17, 15) is 4.79 Å². The molecule has 0 bridgehead atoms. The van der Waals surface area contributed by atoms with E-state index in [1.54, 1.807) is 14.2 Å². The van der Waals surface area contributed by atoms with Gasteiger partial charge in [-0.2, -0.15) is 0 Å². The zero-order chi connectivity index (χ0) is 15.8. The number of aromatic nitrogens is 2. The molecule has 8 heteroatoms. The van der Waals surface area contributed by atoms with Crippen LogP contribution in [0.3, 0.4) is 0 Å². The molecule has 1 aromatic carbocycles. The minimum Gasteiger partial charge on any atom is -0.497 e. The van der Waals surface area contributed by atoms with Crippen LogP contribution >= 0.6 is 11.3 Å². The van der Waals surface area contributed by atoms with E-state index >= 15 is 0 Å². The minimum atomic E-state index is -0.318. The van der Waals surface area contributed by atoms with Crippen LogP contribution in [0.1, 0.15) is 10.6 Å². The summed E-state index contributed by atoms with van der Waals surface area (Å²) in [6, 6.07) is 7.44. The molecule has 1 aromatic heterocycles. The Bertz CT molecular complexity index is 618. The Kier molecular flexibility index (Phi) is 6.11. The maximum absolute atomic E-state index is 11.6. The second-order valence-electron chi connectivity index (χ2n) is 4.40. The van der Waals surface area contributed by atoms with Crippen molar-refractivity contribution in [2.24, 2.45) is 0 Å². The highest BCUT2D eigenvalue weighted by Crippen LogP contribution is 2.20. The predicted molar refractivity (Wildman–Crippen MR) is 84.6 cm³/mol. The molecule has 0 spiro atoms. The molecular formula is C14H18N4O3S. The highest BCUT2D eigenvalue weighted by Gasteiger charge is 2.08. The lowest BCUT2D eigenvalue weighted by Crippen LogP contribution is -2.31. The summed E-state index contributed by atoms with van der Waals surface area (Å²) in [5.41, 5.74) is 1.08. The summed E-state index contributed by atoms with van der Waals surface area (Å²) in [6.45, 7) is 0.905. The zero-order valence-corrected chi connectivity index (χ0v) is 13.3. The van der Waals surface area contributed by atoms with Crippen molar-refractivity contribution in [1.82, 2.24) is 15.5 Å². The Balaban J connectivity index is 1.89. The summed E-state index contributed by atoms with van der Waals surface area (Å²) in [6.07, 6.45) is 0.641. The summed E-state index contributed by atoms with van der Waals surface area (Å²) in [5, 5.41) is 14.6. The zero-order valence-electron chi connectivity index (χ0n) is 12.5. The van der Waals surface area contributed by atoms with E-state index in [0.29, 0.717) is 24.7 Å². The molecule has 0 aliphatic rings. The van der Waals surface area contributed by atoms with Gasteiger partial charge in [0.1, 0.15) is 10.8 Å². The Morgan fingerprint density at radius 3 is 2.95 bits per heavy atom. The van der Waals surface area contributed by atoms with E-state index in [1.165, 1.54) is 11.3 Å². The normalized spacial score (nSPS) is 10.3. The number of benzene rings is 1. The summed E-state index contributed by atoms with van der Waals surface area (Å²) in [7, 11) is 3.21. The first-order chi connectivity index (χ1) is 10.7. The smallest absolute Gasteiger partial charge is 0.321 e. The van der Waals surface area contributed by atoms with Crippen LogP contribution in [0, 0.1) is 0 Å². The fourth-order valence-electron chi connectivity index (χ4n) is 1.74. The third kappa shape index (κ3) is 4.97. The number of rotatable bonds is 7. The predicted octanol–water partition coefficient (Wildman–Crippen LogP) is 1.91. The molecule has 0 radical (unpaired) electrons. The van der Waals surface area contributed by atoms with Gasteiger partial charge in [-0.3, -0.25) is 5.32 Å². The van der Waals surface area contributed by atoms with Gasteiger partial charge < -0.3 is 14.8 Å². The number of hydrogen-bond acceptors (Lipinski definition) is 6. The van der Waals surface area contributed by atoms with Crippen molar-refractivity contribution >= 4 is 22.5 Å². The number of carbonyl (C=O) groups excluding carboxylic acids is 1. The van der Waals surface area contributed by atoms with Crippen molar-refractivity contribution in [2.45, 2.75) is 6.42 Å². The minimum absolute atomic E-state index is 0.318. The van der Waals surface area contributed by atoms with E-state index in [0.717, 1.165) is 16.3 Å². The molecule has 0 unspecified atom stereocenters. The highest BCUT2D eigenvalue weighted by atomic mass is 32.1. The van der Waals surface area contributed by atoms with E-state index in [1.807, 2.05) is 24.3 Å². The molecule has 0 atom stereocenters. The summed E-state index contributed by atoms with van der Waals surface area (Å²) >= 11 is 1.34. The fourth-order valence-corrected chi connectivity index (χ4v) is 2.51. The summed E-state index contributed by atoms with van der Waals surface area (Å²) < 4.78 is 10.0. The Morgan fingerprint density at radius 1 is 1.32 bits per heavy atom. The third-order valence-corrected chi connectivity index (χ3v) is 3.61. The molecule has 0 aliphatic heterocycles. The highest BCUT2D eigenvalue weighted by molar-refractivity contribution is 7.15. The number of nitrogens with zero attached hydrogens (tertiary/aromatic N) is 2. The lowest BCUT2D eigenvalue weighted by molar-refractivity contribution is 0.198. The second kappa shape index (κ2) is 8.30. The standard InChI is InChI=1S/C14H18N4O3S/c1-20-7-6-15-13(19)16-14-18-17-12(22-14)9-10-4-3-5-11(8-10)21-2/h3-5,8H,6-7,9H2,1-2H3,(H2,15,16,18,19). The third-order valence-electron chi connectivity index (χ3n) is 2.77. The van der Waals surface area contributed by atoms with Crippen molar-refractivity contribution in [3.8, 4) is 5.75 Å². The molecule has 0 saturated carbocycles. The van der Waals surface area contributed by atoms with Crippen molar-refractivity contribution in [1.29, 1.82) is 0 Å². The van der Waals surface area contributed by atoms with Gasteiger partial charge in [-0.1, -0.05) is 23.5 Å². The molecule has 2 N–H and O–H groups in total. The lowest BCUT2D eigenvalue weighted by Gasteiger charge is -2.03. The van der Waals surface area contributed by atoms with Gasteiger partial charge in [0.05, 0.1) is 13.7 Å². The van der Waals surface area contributed by atoms with Crippen LogP contribution in [0.25, 0.3) is 0 Å². The van der Waals surface area contributed by atoms with Crippen molar-refractivity contribution in [3.63, 3.8) is 0 Å². The van der Waals surface area contributed by atoms with Gasteiger partial charge in [-0.25, -0.2) is 4.79 Å². The SMILES string of the molecule is COCCNC(=O)Nc1nnc(Cc2cccc(OC)c2)s1. The summed E-state index contributed by atoms with van der Waals surface area (Å²) in [5.74, 6) is 0.804. The molecule has 7 nitrogen and oxygen atoms in total. The first-order valence-electron chi connectivity index (χ1n) is 6.70. The van der Waals surface area contributed by atoms with Crippen LogP contribution in [-0.2, 0) is 11.2 Å². The number of urea groups is 1. The van der Waals surface area contributed by atoms with Crippen LogP contribution in [0.15, 0.2) is 24.3 Å². The lowest BCUT2D eigenvalue weighted by atomic mass is 10.1. The average Bonchev–Trinajstić information content (AvgIpc) is 2.94. The molecular weight excluding hydrogens is 304 g/mol. The Labute approximate surface area is 132 Å². The molecule has 2 aromatic rings. The largest absolute Gasteiger partial charge is 0.497 e. The molecule has 1 heterocycles. The van der Waals surface area contributed by atoms with Crippen LogP contribution in [0.5, 0.6) is 5.75 Å². The topological polar surface area (TPSA) is 85.4 Å². The quantitative estimate of drug-likeness (QED) is 0.761. The number of ether oxygens (including phenoxy) is 2. The molecule has 0 fully saturated rings. The van der Waals surface area contributed by atoms with Gasteiger partial charge in [0.15, 0.2) is 0 Å². The van der Waals surface area contributed by atoms with E-state index in [4.69, 9.17) is 9.47 Å². The molecule has 2 amide bonds. The number of nitrogens with one attached hydrogen (secondary N) is 2. The molecule has 22 heavy (non-hydrogen) atoms. The molecule has 0 saturated heterocycles. The van der Waals surface area contributed by atoms with E-state index in [2.05, 4.69) is 20.8 Å². The fraction of sp³-hybridized carbons (Fsp3) is 0.357. The second-order valence-corrected chi connectivity index (χ2v) is 5.47. The van der Waals surface area contributed by atoms with Gasteiger partial charge in [0.2, 0.25) is 5.13 Å². The van der Waals surface area contributed by atoms with E-state index < -0.39 is 0 Å². The van der Waals surface area contributed by atoms with Gasteiger partial charge in [-0.05, 0) is 17.7 Å². The van der Waals surface area contributed by atoms with Crippen LogP contribution in [0.4, 0.5) is 9.93 Å². The van der Waals surface area contributed by atoms with Gasteiger partial charge in [-0.15, -0.1) is 10.2 Å². The first-order valence-corrected chi connectivity index (χ1v) is 7.52. The number of methoxy groups -OCH3 is 2. The van der Waals surface area contributed by atoms with Gasteiger partial charge in [0, 0.05) is 20.1 Å². The van der Waals surface area contributed by atoms with Crippen LogP contribution in [0.2, 0.25) is 0 Å². The molecule has 118 valence electrons. The molecule has 0 aliphatic carbocycles. The number of amides is 2. The van der Waals surface area contributed by atoms with Crippen LogP contribution in [-0.4, -0.2) is 43.6 Å². The summed E-state index contributed by atoms with van der Waals surface area (Å²) in [4.78, 5) is 11.6. The molecule has 2 rings (SSSR count). The van der Waals surface area contributed by atoms with Gasteiger partial charge >= 0.3 is 6.03 Å². The maximum Gasteiger partial charge on any atom is 0.321 e. The van der Waals surface area contributed by atoms with Crippen molar-refractivity contribution in [2.75, 3.05) is 32.7 Å². The monoisotopic (exact) mass is 322 g/mol.